The monoisotopic (exact) mass is 620 g/mol. The molecule has 0 bridgehead atoms. The summed E-state index contributed by atoms with van der Waals surface area (Å²) in [6, 6.07) is 3.60. The van der Waals surface area contributed by atoms with Gasteiger partial charge in [-0.05, 0) is 103 Å². The Bertz CT molecular complexity index is 894. The van der Waals surface area contributed by atoms with Gasteiger partial charge >= 0.3 is 0 Å². The maximum atomic E-state index is 13.1. The minimum absolute atomic E-state index is 0.0115. The number of carbonyl (C=O) groups excluding carboxylic acids is 1. The van der Waals surface area contributed by atoms with Crippen LogP contribution in [0.3, 0.4) is 0 Å². The summed E-state index contributed by atoms with van der Waals surface area (Å²) in [5.41, 5.74) is 0. The van der Waals surface area contributed by atoms with E-state index in [0.717, 1.165) is 71.3 Å². The van der Waals surface area contributed by atoms with Crippen LogP contribution in [0.25, 0.3) is 0 Å². The van der Waals surface area contributed by atoms with Crippen LogP contribution in [0.4, 0.5) is 0 Å². The first-order valence-corrected chi connectivity index (χ1v) is 18.0. The molecule has 0 aromatic carbocycles. The number of nitriles is 1. The number of hydrogen-bond donors (Lipinski definition) is 4. The Hall–Kier alpha value is -0.990. The second-order valence-corrected chi connectivity index (χ2v) is 14.4. The normalized spacial score (nSPS) is 39.0. The van der Waals surface area contributed by atoms with Crippen LogP contribution >= 0.6 is 11.6 Å². The summed E-state index contributed by atoms with van der Waals surface area (Å²) in [6.07, 6.45) is 13.6. The van der Waals surface area contributed by atoms with Crippen molar-refractivity contribution in [2.24, 2.45) is 11.8 Å². The molecule has 10 heteroatoms. The number of alkyl halides is 1. The predicted molar refractivity (Wildman–Crippen MR) is 170 cm³/mol. The molecule has 2 saturated carbocycles. The molecule has 5 aliphatic rings. The van der Waals surface area contributed by atoms with E-state index in [1.54, 1.807) is 0 Å². The van der Waals surface area contributed by atoms with Gasteiger partial charge in [0.1, 0.15) is 0 Å². The Kier molecular flexibility index (Phi) is 13.3. The highest BCUT2D eigenvalue weighted by Crippen LogP contribution is 2.36. The number of halogens is 1. The van der Waals surface area contributed by atoms with Crippen molar-refractivity contribution in [2.75, 3.05) is 45.9 Å². The molecular weight excluding hydrogens is 564 g/mol. The van der Waals surface area contributed by atoms with E-state index in [1.807, 2.05) is 6.92 Å². The number of carbonyl (C=O) groups is 1. The first-order chi connectivity index (χ1) is 21.0. The molecule has 5 fully saturated rings. The van der Waals surface area contributed by atoms with Crippen molar-refractivity contribution in [3.63, 3.8) is 0 Å². The SMILES string of the molecule is CCOC1CC2NCC(C#N)C(NC3CCC(OCC4CCCCN4)C(Cl)C3)C2CC1NC(=O)CCCN1CCCCC1. The van der Waals surface area contributed by atoms with Gasteiger partial charge in [0.25, 0.3) is 0 Å². The molecule has 1 amide bonds. The van der Waals surface area contributed by atoms with E-state index >= 15 is 0 Å². The van der Waals surface area contributed by atoms with E-state index < -0.39 is 0 Å². The highest BCUT2D eigenvalue weighted by Gasteiger charge is 2.47. The van der Waals surface area contributed by atoms with Crippen molar-refractivity contribution >= 4 is 17.5 Å². The molecule has 0 aromatic rings. The van der Waals surface area contributed by atoms with Crippen LogP contribution in [0.5, 0.6) is 0 Å². The van der Waals surface area contributed by atoms with Crippen molar-refractivity contribution in [2.45, 2.75) is 138 Å². The topological polar surface area (TPSA) is 111 Å². The third kappa shape index (κ3) is 9.51. The molecule has 0 aromatic heterocycles. The van der Waals surface area contributed by atoms with Crippen molar-refractivity contribution in [3.05, 3.63) is 0 Å². The molecule has 9 nitrogen and oxygen atoms in total. The van der Waals surface area contributed by atoms with Crippen LogP contribution in [-0.2, 0) is 14.3 Å². The largest absolute Gasteiger partial charge is 0.376 e. The van der Waals surface area contributed by atoms with Crippen LogP contribution in [0, 0.1) is 23.2 Å². The average molecular weight is 621 g/mol. The molecule has 0 spiro atoms. The van der Waals surface area contributed by atoms with Gasteiger partial charge in [0.2, 0.25) is 5.91 Å². The second-order valence-electron chi connectivity index (χ2n) is 13.8. The number of ether oxygens (including phenoxy) is 2. The van der Waals surface area contributed by atoms with Gasteiger partial charge in [0.15, 0.2) is 0 Å². The van der Waals surface area contributed by atoms with E-state index in [0.29, 0.717) is 25.6 Å². The molecule has 3 aliphatic heterocycles. The fourth-order valence-electron chi connectivity index (χ4n) is 8.38. The zero-order chi connectivity index (χ0) is 30.0. The fraction of sp³-hybridized carbons (Fsp3) is 0.939. The lowest BCUT2D eigenvalue weighted by atomic mass is 9.69. The molecule has 0 radical (unpaired) electrons. The number of nitrogens with zero attached hydrogens (tertiary/aromatic N) is 2. The lowest BCUT2D eigenvalue weighted by molar-refractivity contribution is -0.124. The maximum Gasteiger partial charge on any atom is 0.220 e. The summed E-state index contributed by atoms with van der Waals surface area (Å²) in [6.45, 7) is 8.50. The van der Waals surface area contributed by atoms with E-state index in [9.17, 15) is 10.1 Å². The van der Waals surface area contributed by atoms with E-state index in [2.05, 4.69) is 32.2 Å². The standard InChI is InChI=1S/C33H57ClN6O3/c1-2-42-31-19-28-26(18-29(31)39-32(41)10-8-16-40-14-6-3-7-15-40)33(23(20-35)21-37-28)38-24-11-12-30(27(34)17-24)43-22-25-9-4-5-13-36-25/h23-31,33,36-38H,2-19,21-22H2,1H3,(H,39,41). The zero-order valence-corrected chi connectivity index (χ0v) is 27.2. The van der Waals surface area contributed by atoms with Gasteiger partial charge in [-0.25, -0.2) is 0 Å². The third-order valence-corrected chi connectivity index (χ3v) is 11.2. The summed E-state index contributed by atoms with van der Waals surface area (Å²) >= 11 is 6.92. The maximum absolute atomic E-state index is 13.1. The molecule has 244 valence electrons. The van der Waals surface area contributed by atoms with Gasteiger partial charge in [-0.2, -0.15) is 5.26 Å². The Morgan fingerprint density at radius 3 is 2.63 bits per heavy atom. The van der Waals surface area contributed by atoms with Crippen molar-refractivity contribution < 1.29 is 14.3 Å². The predicted octanol–water partition coefficient (Wildman–Crippen LogP) is 3.31. The fourth-order valence-corrected chi connectivity index (χ4v) is 8.79. The van der Waals surface area contributed by atoms with Gasteiger partial charge in [0, 0.05) is 43.7 Å². The van der Waals surface area contributed by atoms with Gasteiger partial charge in [-0.15, -0.1) is 11.6 Å². The Labute approximate surface area is 264 Å². The summed E-state index contributed by atoms with van der Waals surface area (Å²) in [7, 11) is 0. The zero-order valence-electron chi connectivity index (χ0n) is 26.4. The second kappa shape index (κ2) is 17.1. The van der Waals surface area contributed by atoms with Crippen LogP contribution in [0.2, 0.25) is 0 Å². The molecule has 2 aliphatic carbocycles. The molecule has 3 saturated heterocycles. The molecule has 4 N–H and O–H groups in total. The lowest BCUT2D eigenvalue weighted by Crippen LogP contribution is -2.66. The first kappa shape index (κ1) is 33.4. The lowest BCUT2D eigenvalue weighted by Gasteiger charge is -2.50. The van der Waals surface area contributed by atoms with Crippen molar-refractivity contribution in [3.8, 4) is 6.07 Å². The van der Waals surface area contributed by atoms with E-state index in [1.165, 1.54) is 38.5 Å². The summed E-state index contributed by atoms with van der Waals surface area (Å²) in [5, 5.41) is 24.7. The number of rotatable bonds is 12. The summed E-state index contributed by atoms with van der Waals surface area (Å²) < 4.78 is 12.5. The number of amides is 1. The van der Waals surface area contributed by atoms with Crippen LogP contribution < -0.4 is 21.3 Å². The number of nitrogens with one attached hydrogen (secondary N) is 4. The minimum atomic E-state index is -0.120. The van der Waals surface area contributed by atoms with Gasteiger partial charge in [0.05, 0.1) is 42.2 Å². The van der Waals surface area contributed by atoms with Gasteiger partial charge < -0.3 is 35.6 Å². The Morgan fingerprint density at radius 2 is 1.88 bits per heavy atom. The third-order valence-electron chi connectivity index (χ3n) is 10.8. The van der Waals surface area contributed by atoms with Crippen LogP contribution in [0.1, 0.15) is 90.4 Å². The van der Waals surface area contributed by atoms with E-state index in [4.69, 9.17) is 21.1 Å². The van der Waals surface area contributed by atoms with Gasteiger partial charge in [-0.3, -0.25) is 4.79 Å². The quantitative estimate of drug-likeness (QED) is 0.246. The van der Waals surface area contributed by atoms with Crippen LogP contribution in [-0.4, -0.2) is 105 Å². The number of piperidine rings is 3. The summed E-state index contributed by atoms with van der Waals surface area (Å²) in [4.78, 5) is 15.6. The number of hydrogen-bond acceptors (Lipinski definition) is 8. The first-order valence-electron chi connectivity index (χ1n) is 17.6. The van der Waals surface area contributed by atoms with Crippen molar-refractivity contribution in [1.29, 1.82) is 5.26 Å². The Morgan fingerprint density at radius 1 is 1.02 bits per heavy atom. The molecular formula is C33H57ClN6O3. The minimum Gasteiger partial charge on any atom is -0.376 e. The van der Waals surface area contributed by atoms with Gasteiger partial charge in [-0.1, -0.05) is 12.8 Å². The smallest absolute Gasteiger partial charge is 0.220 e. The number of likely N-dealkylation sites (tertiary alicyclic amines) is 1. The Balaban J connectivity index is 1.14. The van der Waals surface area contributed by atoms with E-state index in [-0.39, 0.29) is 59.5 Å². The molecule has 10 unspecified atom stereocenters. The summed E-state index contributed by atoms with van der Waals surface area (Å²) in [5.74, 6) is 0.252. The molecule has 43 heavy (non-hydrogen) atoms. The highest BCUT2D eigenvalue weighted by molar-refractivity contribution is 6.21. The average Bonchev–Trinajstić information content (AvgIpc) is 3.02. The number of fused-ring (bicyclic) bond motifs is 1. The van der Waals surface area contributed by atoms with Crippen molar-refractivity contribution in [1.82, 2.24) is 26.2 Å². The molecule has 3 heterocycles. The molecule has 5 rings (SSSR count). The van der Waals surface area contributed by atoms with Crippen LogP contribution in [0.15, 0.2) is 0 Å². The highest BCUT2D eigenvalue weighted by atomic mass is 35.5. The molecule has 10 atom stereocenters.